The number of hydrogen-bond acceptors (Lipinski definition) is 3. The number of nitrogens with one attached hydrogen (secondary N) is 3. The molecule has 1 aromatic carbocycles. The summed E-state index contributed by atoms with van der Waals surface area (Å²) in [5.74, 6) is 1.18. The lowest BCUT2D eigenvalue weighted by molar-refractivity contribution is 0.0963. The quantitative estimate of drug-likeness (QED) is 0.169. The zero-order chi connectivity index (χ0) is 21.6. The van der Waals surface area contributed by atoms with E-state index in [0.29, 0.717) is 17.5 Å². The van der Waals surface area contributed by atoms with Crippen LogP contribution in [0, 0.1) is 5.92 Å². The van der Waals surface area contributed by atoms with Crippen LogP contribution in [0.4, 0.5) is 0 Å². The molecule has 7 heteroatoms. The van der Waals surface area contributed by atoms with Gasteiger partial charge in [0.25, 0.3) is 5.91 Å². The highest BCUT2D eigenvalue weighted by Crippen LogP contribution is 2.10. The van der Waals surface area contributed by atoms with Crippen molar-refractivity contribution in [2.45, 2.75) is 26.3 Å². The van der Waals surface area contributed by atoms with Gasteiger partial charge in [0.05, 0.1) is 0 Å². The van der Waals surface area contributed by atoms with E-state index in [-0.39, 0.29) is 29.9 Å². The molecule has 0 aromatic heterocycles. The lowest BCUT2D eigenvalue weighted by Gasteiger charge is -2.33. The molecule has 1 rings (SSSR count). The SMILES string of the molecule is C=CCN(CC=C)C(CNC(=NC)NCCc1cccc(C(=O)NC)c1)C(C)C.I. The number of carbonyl (C=O) groups is 1. The standard InChI is InChI=1S/C23H37N5O.HI/c1-7-14-28(15-8-2)21(18(3)4)17-27-23(25-6)26-13-12-19-10-9-11-20(16-19)22(29)24-5;/h7-11,16,18,21H,1-2,12-15,17H2,3-6H3,(H,24,29)(H2,25,26,27);1H. The maximum atomic E-state index is 11.8. The summed E-state index contributed by atoms with van der Waals surface area (Å²) in [6, 6.07) is 8.03. The van der Waals surface area contributed by atoms with Crippen molar-refractivity contribution in [1.82, 2.24) is 20.9 Å². The first-order chi connectivity index (χ1) is 14.0. The third kappa shape index (κ3) is 9.75. The van der Waals surface area contributed by atoms with Gasteiger partial charge in [-0.1, -0.05) is 38.1 Å². The molecule has 1 amide bonds. The Bertz CT molecular complexity index is 680. The zero-order valence-electron chi connectivity index (χ0n) is 18.8. The van der Waals surface area contributed by atoms with Gasteiger partial charge >= 0.3 is 0 Å². The minimum absolute atomic E-state index is 0. The van der Waals surface area contributed by atoms with Gasteiger partial charge in [0.1, 0.15) is 0 Å². The topological polar surface area (TPSA) is 68.8 Å². The predicted molar refractivity (Wildman–Crippen MR) is 139 cm³/mol. The zero-order valence-corrected chi connectivity index (χ0v) is 21.1. The fraction of sp³-hybridized carbons (Fsp3) is 0.478. The summed E-state index contributed by atoms with van der Waals surface area (Å²) in [5, 5.41) is 9.45. The number of guanidine groups is 1. The molecule has 0 bridgehead atoms. The van der Waals surface area contributed by atoms with Crippen molar-refractivity contribution in [3.63, 3.8) is 0 Å². The first kappa shape index (κ1) is 28.1. The summed E-state index contributed by atoms with van der Waals surface area (Å²) in [6.07, 6.45) is 4.66. The minimum Gasteiger partial charge on any atom is -0.356 e. The van der Waals surface area contributed by atoms with Crippen molar-refractivity contribution in [3.8, 4) is 0 Å². The number of nitrogens with zero attached hydrogens (tertiary/aromatic N) is 2. The van der Waals surface area contributed by atoms with Crippen molar-refractivity contribution < 1.29 is 4.79 Å². The monoisotopic (exact) mass is 527 g/mol. The Hall–Kier alpha value is -1.87. The Morgan fingerprint density at radius 1 is 1.20 bits per heavy atom. The van der Waals surface area contributed by atoms with Gasteiger partial charge in [-0.05, 0) is 30.0 Å². The molecule has 0 aliphatic rings. The minimum atomic E-state index is -0.0689. The smallest absolute Gasteiger partial charge is 0.251 e. The Kier molecular flexibility index (Phi) is 14.9. The van der Waals surface area contributed by atoms with Gasteiger partial charge < -0.3 is 16.0 Å². The van der Waals surface area contributed by atoms with Crippen LogP contribution in [0.1, 0.15) is 29.8 Å². The number of halogens is 1. The number of aliphatic imine (C=N–C) groups is 1. The van der Waals surface area contributed by atoms with Crippen LogP contribution in [0.5, 0.6) is 0 Å². The molecular formula is C23H38IN5O. The van der Waals surface area contributed by atoms with Crippen molar-refractivity contribution in [1.29, 1.82) is 0 Å². The van der Waals surface area contributed by atoms with E-state index in [1.165, 1.54) is 0 Å². The molecule has 0 aliphatic carbocycles. The van der Waals surface area contributed by atoms with E-state index in [1.54, 1.807) is 14.1 Å². The van der Waals surface area contributed by atoms with Gasteiger partial charge in [-0.15, -0.1) is 37.1 Å². The highest BCUT2D eigenvalue weighted by Gasteiger charge is 2.20. The van der Waals surface area contributed by atoms with Crippen LogP contribution in [0.15, 0.2) is 54.6 Å². The first-order valence-corrected chi connectivity index (χ1v) is 10.2. The molecule has 30 heavy (non-hydrogen) atoms. The largest absolute Gasteiger partial charge is 0.356 e. The van der Waals surface area contributed by atoms with E-state index in [0.717, 1.165) is 44.1 Å². The van der Waals surface area contributed by atoms with Crippen LogP contribution in [0.3, 0.4) is 0 Å². The van der Waals surface area contributed by atoms with Crippen molar-refractivity contribution >= 4 is 35.8 Å². The molecule has 0 saturated carbocycles. The van der Waals surface area contributed by atoms with E-state index in [9.17, 15) is 4.79 Å². The molecule has 1 atom stereocenters. The molecule has 0 fully saturated rings. The Morgan fingerprint density at radius 2 is 1.87 bits per heavy atom. The van der Waals surface area contributed by atoms with Crippen LogP contribution in [0.2, 0.25) is 0 Å². The van der Waals surface area contributed by atoms with E-state index in [4.69, 9.17) is 0 Å². The van der Waals surface area contributed by atoms with E-state index in [1.807, 2.05) is 36.4 Å². The van der Waals surface area contributed by atoms with Gasteiger partial charge in [0.15, 0.2) is 5.96 Å². The highest BCUT2D eigenvalue weighted by atomic mass is 127. The van der Waals surface area contributed by atoms with Crippen molar-refractivity contribution in [2.24, 2.45) is 10.9 Å². The molecule has 0 radical (unpaired) electrons. The number of rotatable bonds is 12. The van der Waals surface area contributed by atoms with E-state index >= 15 is 0 Å². The summed E-state index contributed by atoms with van der Waals surface area (Å²) >= 11 is 0. The first-order valence-electron chi connectivity index (χ1n) is 10.2. The van der Waals surface area contributed by atoms with Gasteiger partial charge in [-0.2, -0.15) is 0 Å². The Morgan fingerprint density at radius 3 is 2.40 bits per heavy atom. The Labute approximate surface area is 199 Å². The van der Waals surface area contributed by atoms with E-state index in [2.05, 4.69) is 52.8 Å². The van der Waals surface area contributed by atoms with Gasteiger partial charge in [-0.25, -0.2) is 0 Å². The van der Waals surface area contributed by atoms with Crippen LogP contribution in [0.25, 0.3) is 0 Å². The van der Waals surface area contributed by atoms with E-state index < -0.39 is 0 Å². The molecule has 3 N–H and O–H groups in total. The maximum Gasteiger partial charge on any atom is 0.251 e. The average Bonchev–Trinajstić information content (AvgIpc) is 2.72. The molecule has 0 heterocycles. The second-order valence-electron chi connectivity index (χ2n) is 7.25. The second-order valence-corrected chi connectivity index (χ2v) is 7.25. The molecule has 0 aliphatic heterocycles. The van der Waals surface area contributed by atoms with Crippen LogP contribution in [-0.4, -0.2) is 63.1 Å². The Balaban J connectivity index is 0.00000841. The molecule has 6 nitrogen and oxygen atoms in total. The summed E-state index contributed by atoms with van der Waals surface area (Å²) < 4.78 is 0. The van der Waals surface area contributed by atoms with Crippen molar-refractivity contribution in [2.75, 3.05) is 40.3 Å². The summed E-state index contributed by atoms with van der Waals surface area (Å²) in [7, 11) is 3.42. The number of benzene rings is 1. The average molecular weight is 527 g/mol. The maximum absolute atomic E-state index is 11.8. The van der Waals surface area contributed by atoms with Crippen LogP contribution >= 0.6 is 24.0 Å². The molecular weight excluding hydrogens is 489 g/mol. The fourth-order valence-electron chi connectivity index (χ4n) is 3.22. The number of amides is 1. The lowest BCUT2D eigenvalue weighted by Crippen LogP contribution is -2.49. The lowest BCUT2D eigenvalue weighted by atomic mass is 10.0. The number of carbonyl (C=O) groups excluding carboxylic acids is 1. The number of hydrogen-bond donors (Lipinski definition) is 3. The molecule has 168 valence electrons. The molecule has 1 unspecified atom stereocenters. The normalized spacial score (nSPS) is 12.1. The van der Waals surface area contributed by atoms with Gasteiger partial charge in [0, 0.05) is 51.9 Å². The third-order valence-corrected chi connectivity index (χ3v) is 4.79. The molecule has 0 spiro atoms. The van der Waals surface area contributed by atoms with Gasteiger partial charge in [-0.3, -0.25) is 14.7 Å². The second kappa shape index (κ2) is 15.9. The third-order valence-electron chi connectivity index (χ3n) is 4.79. The van der Waals surface area contributed by atoms with Crippen LogP contribution in [-0.2, 0) is 6.42 Å². The molecule has 1 aromatic rings. The summed E-state index contributed by atoms with van der Waals surface area (Å²) in [4.78, 5) is 18.5. The molecule has 0 saturated heterocycles. The predicted octanol–water partition coefficient (Wildman–Crippen LogP) is 3.07. The highest BCUT2D eigenvalue weighted by molar-refractivity contribution is 14.0. The van der Waals surface area contributed by atoms with Crippen LogP contribution < -0.4 is 16.0 Å². The van der Waals surface area contributed by atoms with Crippen molar-refractivity contribution in [3.05, 3.63) is 60.7 Å². The fourth-order valence-corrected chi connectivity index (χ4v) is 3.22. The summed E-state index contributed by atoms with van der Waals surface area (Å²) in [6.45, 7) is 15.3. The summed E-state index contributed by atoms with van der Waals surface area (Å²) in [5.41, 5.74) is 1.79. The van der Waals surface area contributed by atoms with Gasteiger partial charge in [0.2, 0.25) is 0 Å².